The number of hydrazone groups is 1. The molecule has 4 bridgehead atoms. The highest BCUT2D eigenvalue weighted by Crippen LogP contribution is 2.61. The molecule has 1 heterocycles. The average molecular weight is 314 g/mol. The number of nitrogens with two attached hydrogens (primary N) is 1. The molecule has 1 aromatic heterocycles. The van der Waals surface area contributed by atoms with Crippen LogP contribution in [0.2, 0.25) is 0 Å². The SMILES string of the molecule is NC(=S)N/N=C(\c1ccccn1)C12CC3CC(CC(C3)C1)C2. The molecule has 0 radical (unpaired) electrons. The Hall–Kier alpha value is -1.49. The summed E-state index contributed by atoms with van der Waals surface area (Å²) in [4.78, 5) is 4.56. The molecule has 0 aromatic carbocycles. The second-order valence-electron chi connectivity index (χ2n) is 7.35. The molecule has 0 unspecified atom stereocenters. The maximum atomic E-state index is 5.60. The van der Waals surface area contributed by atoms with Gasteiger partial charge in [0, 0.05) is 11.6 Å². The predicted molar refractivity (Wildman–Crippen MR) is 91.3 cm³/mol. The van der Waals surface area contributed by atoms with Crippen LogP contribution in [0.25, 0.3) is 0 Å². The molecule has 0 aliphatic heterocycles. The third-order valence-corrected chi connectivity index (χ3v) is 5.82. The van der Waals surface area contributed by atoms with Crippen LogP contribution in [-0.2, 0) is 0 Å². The van der Waals surface area contributed by atoms with Crippen molar-refractivity contribution >= 4 is 23.0 Å². The Labute approximate surface area is 136 Å². The summed E-state index contributed by atoms with van der Waals surface area (Å²) in [5.41, 5.74) is 10.6. The van der Waals surface area contributed by atoms with Crippen LogP contribution in [0.5, 0.6) is 0 Å². The van der Waals surface area contributed by atoms with Gasteiger partial charge in [-0.25, -0.2) is 0 Å². The summed E-state index contributed by atoms with van der Waals surface area (Å²) in [5.74, 6) is 2.60. The molecule has 0 amide bonds. The molecule has 4 fully saturated rings. The van der Waals surface area contributed by atoms with Gasteiger partial charge in [0.1, 0.15) is 0 Å². The van der Waals surface area contributed by atoms with E-state index in [4.69, 9.17) is 18.0 Å². The molecule has 3 N–H and O–H groups in total. The molecule has 0 saturated heterocycles. The highest BCUT2D eigenvalue weighted by molar-refractivity contribution is 7.80. The molecule has 4 aliphatic carbocycles. The van der Waals surface area contributed by atoms with Crippen molar-refractivity contribution in [2.45, 2.75) is 38.5 Å². The van der Waals surface area contributed by atoms with Crippen LogP contribution < -0.4 is 11.2 Å². The first-order valence-corrected chi connectivity index (χ1v) is 8.60. The summed E-state index contributed by atoms with van der Waals surface area (Å²) in [7, 11) is 0. The van der Waals surface area contributed by atoms with Crippen molar-refractivity contribution in [1.29, 1.82) is 0 Å². The lowest BCUT2D eigenvalue weighted by Gasteiger charge is -2.56. The van der Waals surface area contributed by atoms with Crippen LogP contribution in [-0.4, -0.2) is 15.8 Å². The first kappa shape index (κ1) is 14.1. The number of thiocarbonyl (C=S) groups is 1. The highest BCUT2D eigenvalue weighted by Gasteiger charge is 2.53. The fraction of sp³-hybridized carbons (Fsp3) is 0.588. The van der Waals surface area contributed by atoms with E-state index < -0.39 is 0 Å². The third-order valence-electron chi connectivity index (χ3n) is 5.73. The Morgan fingerprint density at radius 2 is 1.82 bits per heavy atom. The molecule has 0 atom stereocenters. The standard InChI is InChI=1S/C17H22N4S/c18-16(22)21-20-15(14-3-1-2-4-19-14)17-8-11-5-12(9-17)7-13(6-11)10-17/h1-4,11-13H,5-10H2,(H3,18,21,22)/b20-15+. The van der Waals surface area contributed by atoms with Gasteiger partial charge in [0.25, 0.3) is 0 Å². The fourth-order valence-electron chi connectivity index (χ4n) is 5.46. The van der Waals surface area contributed by atoms with Crippen LogP contribution >= 0.6 is 12.2 Å². The van der Waals surface area contributed by atoms with E-state index in [2.05, 4.69) is 21.6 Å². The van der Waals surface area contributed by atoms with Crippen LogP contribution in [0.3, 0.4) is 0 Å². The Morgan fingerprint density at radius 3 is 2.32 bits per heavy atom. The van der Waals surface area contributed by atoms with E-state index in [0.717, 1.165) is 29.2 Å². The number of hydrogen-bond acceptors (Lipinski definition) is 3. The first-order chi connectivity index (χ1) is 10.6. The van der Waals surface area contributed by atoms with Crippen molar-refractivity contribution in [1.82, 2.24) is 10.4 Å². The highest BCUT2D eigenvalue weighted by atomic mass is 32.1. The van der Waals surface area contributed by atoms with Gasteiger partial charge in [-0.1, -0.05) is 6.07 Å². The first-order valence-electron chi connectivity index (χ1n) is 8.20. The fourth-order valence-corrected chi connectivity index (χ4v) is 5.51. The quantitative estimate of drug-likeness (QED) is 0.511. The largest absolute Gasteiger partial charge is 0.375 e. The summed E-state index contributed by atoms with van der Waals surface area (Å²) in [5, 5.41) is 4.84. The lowest BCUT2D eigenvalue weighted by atomic mass is 9.48. The number of rotatable bonds is 3. The minimum Gasteiger partial charge on any atom is -0.375 e. The van der Waals surface area contributed by atoms with Gasteiger partial charge >= 0.3 is 0 Å². The van der Waals surface area contributed by atoms with Crippen LogP contribution in [0, 0.1) is 23.2 Å². The zero-order valence-electron chi connectivity index (χ0n) is 12.7. The smallest absolute Gasteiger partial charge is 0.184 e. The summed E-state index contributed by atoms with van der Waals surface area (Å²) < 4.78 is 0. The van der Waals surface area contributed by atoms with E-state index in [-0.39, 0.29) is 10.5 Å². The van der Waals surface area contributed by atoms with Gasteiger partial charge in [-0.05, 0) is 80.6 Å². The molecule has 1 aromatic rings. The maximum Gasteiger partial charge on any atom is 0.184 e. The van der Waals surface area contributed by atoms with Crippen molar-refractivity contribution in [3.8, 4) is 0 Å². The summed E-state index contributed by atoms with van der Waals surface area (Å²) in [6, 6.07) is 6.03. The molecule has 4 aliphatic rings. The van der Waals surface area contributed by atoms with E-state index >= 15 is 0 Å². The Kier molecular flexibility index (Phi) is 3.40. The van der Waals surface area contributed by atoms with Crippen LogP contribution in [0.15, 0.2) is 29.5 Å². The number of aromatic nitrogens is 1. The summed E-state index contributed by atoms with van der Waals surface area (Å²) in [6.07, 6.45) is 9.81. The Morgan fingerprint density at radius 1 is 1.18 bits per heavy atom. The Bertz CT molecular complexity index is 575. The monoisotopic (exact) mass is 314 g/mol. The van der Waals surface area contributed by atoms with Crippen molar-refractivity contribution in [2.75, 3.05) is 0 Å². The van der Waals surface area contributed by atoms with Gasteiger partial charge in [-0.15, -0.1) is 0 Å². The minimum atomic E-state index is 0.168. The molecule has 116 valence electrons. The number of nitrogens with zero attached hydrogens (tertiary/aromatic N) is 2. The summed E-state index contributed by atoms with van der Waals surface area (Å²) >= 11 is 4.95. The molecule has 5 rings (SSSR count). The second kappa shape index (κ2) is 5.30. The third kappa shape index (κ3) is 2.41. The van der Waals surface area contributed by atoms with Crippen LogP contribution in [0.4, 0.5) is 0 Å². The van der Waals surface area contributed by atoms with E-state index in [9.17, 15) is 0 Å². The lowest BCUT2D eigenvalue weighted by Crippen LogP contribution is -2.51. The zero-order valence-corrected chi connectivity index (χ0v) is 13.5. The molecular weight excluding hydrogens is 292 g/mol. The molecule has 0 spiro atoms. The predicted octanol–water partition coefficient (Wildman–Crippen LogP) is 2.84. The van der Waals surface area contributed by atoms with Gasteiger partial charge in [-0.3, -0.25) is 10.4 Å². The van der Waals surface area contributed by atoms with Crippen molar-refractivity contribution < 1.29 is 0 Å². The number of nitrogens with one attached hydrogen (secondary N) is 1. The molecule has 5 heteroatoms. The minimum absolute atomic E-state index is 0.168. The molecule has 22 heavy (non-hydrogen) atoms. The van der Waals surface area contributed by atoms with Gasteiger partial charge < -0.3 is 5.73 Å². The van der Waals surface area contributed by atoms with Gasteiger partial charge in [0.15, 0.2) is 5.11 Å². The zero-order chi connectivity index (χ0) is 15.2. The van der Waals surface area contributed by atoms with Gasteiger partial charge in [-0.2, -0.15) is 5.10 Å². The van der Waals surface area contributed by atoms with E-state index in [1.54, 1.807) is 0 Å². The average Bonchev–Trinajstić information content (AvgIpc) is 2.46. The maximum absolute atomic E-state index is 5.60. The number of pyridine rings is 1. The topological polar surface area (TPSA) is 63.3 Å². The molecule has 4 saturated carbocycles. The normalized spacial score (nSPS) is 36.4. The summed E-state index contributed by atoms with van der Waals surface area (Å²) in [6.45, 7) is 0. The second-order valence-corrected chi connectivity index (χ2v) is 7.79. The molecule has 4 nitrogen and oxygen atoms in total. The van der Waals surface area contributed by atoms with E-state index in [0.29, 0.717) is 0 Å². The van der Waals surface area contributed by atoms with E-state index in [1.807, 2.05) is 18.3 Å². The van der Waals surface area contributed by atoms with Crippen LogP contribution in [0.1, 0.15) is 44.2 Å². The van der Waals surface area contributed by atoms with Gasteiger partial charge in [0.05, 0.1) is 11.4 Å². The van der Waals surface area contributed by atoms with Crippen molar-refractivity contribution in [2.24, 2.45) is 34.0 Å². The van der Waals surface area contributed by atoms with Crippen molar-refractivity contribution in [3.63, 3.8) is 0 Å². The number of hydrogen-bond donors (Lipinski definition) is 2. The molecular formula is C17H22N4S. The van der Waals surface area contributed by atoms with Crippen molar-refractivity contribution in [3.05, 3.63) is 30.1 Å². The van der Waals surface area contributed by atoms with E-state index in [1.165, 1.54) is 38.5 Å². The Balaban J connectivity index is 1.74. The van der Waals surface area contributed by atoms with Gasteiger partial charge in [0.2, 0.25) is 0 Å². The lowest BCUT2D eigenvalue weighted by molar-refractivity contribution is -0.0122.